The summed E-state index contributed by atoms with van der Waals surface area (Å²) >= 11 is 1.85. The lowest BCUT2D eigenvalue weighted by molar-refractivity contribution is 1.23. The third-order valence-electron chi connectivity index (χ3n) is 8.88. The van der Waals surface area contributed by atoms with E-state index in [4.69, 9.17) is 0 Å². The van der Waals surface area contributed by atoms with E-state index in [1.165, 1.54) is 81.1 Å². The van der Waals surface area contributed by atoms with Gasteiger partial charge in [0.15, 0.2) is 0 Å². The smallest absolute Gasteiger partial charge is 0.0620 e. The Morgan fingerprint density at radius 2 is 1.14 bits per heavy atom. The van der Waals surface area contributed by atoms with E-state index < -0.39 is 0 Å². The number of aromatic nitrogens is 1. The lowest BCUT2D eigenvalue weighted by Crippen LogP contribution is -2.12. The summed E-state index contributed by atoms with van der Waals surface area (Å²) < 4.78 is 2.37. The molecule has 210 valence electrons. The van der Waals surface area contributed by atoms with Crippen LogP contribution in [0.1, 0.15) is 25.0 Å². The lowest BCUT2D eigenvalue weighted by atomic mass is 9.97. The molecule has 0 spiro atoms. The molecule has 0 aliphatic heterocycles. The standard InChI is InChI=1S/C42H31NS/c1-27(30-12-6-4-7-13-30)18-19-28(2)33-25-37-35-17-11-10-16-34(35)29(3)43-39-21-20-32(24-36(39)38(26-33)42(37)43)41-23-22-40(44-41)31-14-8-5-9-15-31/h4-26H,3H2,1-2H3/b27-18+,28-19+. The van der Waals surface area contributed by atoms with Gasteiger partial charge in [-0.15, -0.1) is 11.3 Å². The van der Waals surface area contributed by atoms with Crippen molar-refractivity contribution >= 4 is 67.0 Å². The van der Waals surface area contributed by atoms with Crippen LogP contribution in [0.2, 0.25) is 0 Å². The van der Waals surface area contributed by atoms with E-state index in [1.807, 2.05) is 11.3 Å². The second-order valence-electron chi connectivity index (χ2n) is 11.6. The molecule has 0 saturated heterocycles. The normalized spacial score (nSPS) is 12.7. The predicted octanol–water partition coefficient (Wildman–Crippen LogP) is 11.4. The number of hydrogen-bond donors (Lipinski definition) is 0. The van der Waals surface area contributed by atoms with E-state index in [9.17, 15) is 0 Å². The van der Waals surface area contributed by atoms with Gasteiger partial charge in [0.1, 0.15) is 0 Å². The molecular formula is C42H31NS. The number of pyridine rings is 1. The Hall–Kier alpha value is -5.18. The van der Waals surface area contributed by atoms with Crippen LogP contribution in [0.3, 0.4) is 0 Å². The van der Waals surface area contributed by atoms with Gasteiger partial charge in [-0.05, 0) is 89.0 Å². The van der Waals surface area contributed by atoms with Crippen molar-refractivity contribution in [2.45, 2.75) is 13.8 Å². The molecule has 0 N–H and O–H groups in total. The molecule has 0 saturated carbocycles. The SMILES string of the molecule is C=c1c2ccccc2c2cc(/C(C)=C/C=C(\C)c3ccccc3)cc3c4cc(-c5ccc(-c6ccccc6)s5)ccc4n1c23. The Morgan fingerprint density at radius 1 is 0.545 bits per heavy atom. The first-order valence-corrected chi connectivity index (χ1v) is 15.9. The highest BCUT2D eigenvalue weighted by atomic mass is 32.1. The van der Waals surface area contributed by atoms with Crippen LogP contribution >= 0.6 is 11.3 Å². The molecule has 44 heavy (non-hydrogen) atoms. The maximum atomic E-state index is 4.60. The highest BCUT2D eigenvalue weighted by molar-refractivity contribution is 7.18. The zero-order valence-corrected chi connectivity index (χ0v) is 25.7. The van der Waals surface area contributed by atoms with Crippen LogP contribution in [-0.4, -0.2) is 4.40 Å². The Morgan fingerprint density at radius 3 is 1.86 bits per heavy atom. The molecule has 5 aromatic carbocycles. The van der Waals surface area contributed by atoms with Crippen molar-refractivity contribution in [1.29, 1.82) is 0 Å². The third-order valence-corrected chi connectivity index (χ3v) is 10.1. The molecule has 8 aromatic rings. The van der Waals surface area contributed by atoms with E-state index in [0.29, 0.717) is 0 Å². The highest BCUT2D eigenvalue weighted by Crippen LogP contribution is 2.40. The number of allylic oxidation sites excluding steroid dienone is 4. The molecule has 0 aliphatic rings. The first-order valence-electron chi connectivity index (χ1n) is 15.0. The van der Waals surface area contributed by atoms with Crippen LogP contribution < -0.4 is 5.35 Å². The molecule has 0 fully saturated rings. The molecule has 2 heteroatoms. The molecule has 3 heterocycles. The average molecular weight is 582 g/mol. The molecule has 0 aliphatic carbocycles. The summed E-state index contributed by atoms with van der Waals surface area (Å²) in [5, 5.41) is 7.25. The van der Waals surface area contributed by atoms with Gasteiger partial charge in [-0.2, -0.15) is 0 Å². The van der Waals surface area contributed by atoms with Crippen molar-refractivity contribution in [1.82, 2.24) is 4.40 Å². The van der Waals surface area contributed by atoms with Gasteiger partial charge in [0.05, 0.1) is 11.0 Å². The second-order valence-corrected chi connectivity index (χ2v) is 12.7. The number of fused-ring (bicyclic) bond motifs is 5. The minimum Gasteiger partial charge on any atom is -0.309 e. The van der Waals surface area contributed by atoms with Crippen molar-refractivity contribution in [3.8, 4) is 20.9 Å². The summed E-state index contributed by atoms with van der Waals surface area (Å²) in [6, 6.07) is 46.1. The van der Waals surface area contributed by atoms with Crippen molar-refractivity contribution in [3.63, 3.8) is 0 Å². The molecule has 0 atom stereocenters. The van der Waals surface area contributed by atoms with Gasteiger partial charge in [0.25, 0.3) is 0 Å². The van der Waals surface area contributed by atoms with Gasteiger partial charge in [-0.25, -0.2) is 0 Å². The molecule has 0 bridgehead atoms. The Labute approximate surface area is 261 Å². The fourth-order valence-corrected chi connectivity index (χ4v) is 7.51. The number of thiophene rings is 1. The van der Waals surface area contributed by atoms with E-state index in [-0.39, 0.29) is 0 Å². The van der Waals surface area contributed by atoms with Crippen LogP contribution in [-0.2, 0) is 0 Å². The van der Waals surface area contributed by atoms with Gasteiger partial charge in [-0.1, -0.05) is 110 Å². The van der Waals surface area contributed by atoms with Gasteiger partial charge < -0.3 is 4.40 Å². The highest BCUT2D eigenvalue weighted by Gasteiger charge is 2.18. The first-order chi connectivity index (χ1) is 21.6. The van der Waals surface area contributed by atoms with Crippen LogP contribution in [0, 0.1) is 0 Å². The molecular weight excluding hydrogens is 551 g/mol. The number of rotatable bonds is 5. The summed E-state index contributed by atoms with van der Waals surface area (Å²) in [5.74, 6) is 0. The quantitative estimate of drug-likeness (QED) is 0.141. The van der Waals surface area contributed by atoms with Gasteiger partial charge in [-0.3, -0.25) is 0 Å². The monoisotopic (exact) mass is 581 g/mol. The molecule has 0 radical (unpaired) electrons. The van der Waals surface area contributed by atoms with Gasteiger partial charge in [0.2, 0.25) is 0 Å². The lowest BCUT2D eigenvalue weighted by Gasteiger charge is -2.11. The molecule has 0 unspecified atom stereocenters. The largest absolute Gasteiger partial charge is 0.309 e. The van der Waals surface area contributed by atoms with Crippen LogP contribution in [0.25, 0.3) is 76.6 Å². The van der Waals surface area contributed by atoms with Crippen molar-refractivity contribution in [3.05, 3.63) is 156 Å². The minimum absolute atomic E-state index is 1.03. The summed E-state index contributed by atoms with van der Waals surface area (Å²) in [6.07, 6.45) is 4.49. The van der Waals surface area contributed by atoms with Crippen molar-refractivity contribution in [2.24, 2.45) is 0 Å². The first kappa shape index (κ1) is 26.4. The predicted molar refractivity (Wildman–Crippen MR) is 193 cm³/mol. The van der Waals surface area contributed by atoms with Crippen molar-refractivity contribution < 1.29 is 0 Å². The Kier molecular flexibility index (Phi) is 6.32. The zero-order chi connectivity index (χ0) is 29.8. The van der Waals surface area contributed by atoms with Gasteiger partial charge in [0, 0.05) is 36.6 Å². The molecule has 8 rings (SSSR count). The van der Waals surface area contributed by atoms with E-state index in [1.54, 1.807) is 0 Å². The average Bonchev–Trinajstić information content (AvgIpc) is 3.70. The van der Waals surface area contributed by atoms with Gasteiger partial charge >= 0.3 is 0 Å². The Balaban J connectivity index is 1.36. The fraction of sp³-hybridized carbons (Fsp3) is 0.0476. The van der Waals surface area contributed by atoms with E-state index in [0.717, 1.165) is 5.35 Å². The van der Waals surface area contributed by atoms with Crippen LogP contribution in [0.4, 0.5) is 0 Å². The van der Waals surface area contributed by atoms with E-state index in [2.05, 4.69) is 164 Å². The molecule has 1 nitrogen and oxygen atoms in total. The summed E-state index contributed by atoms with van der Waals surface area (Å²) in [4.78, 5) is 2.56. The maximum Gasteiger partial charge on any atom is 0.0620 e. The fourth-order valence-electron chi connectivity index (χ4n) is 6.50. The Bertz CT molecular complexity index is 2450. The van der Waals surface area contributed by atoms with Crippen molar-refractivity contribution in [2.75, 3.05) is 0 Å². The zero-order valence-electron chi connectivity index (χ0n) is 24.8. The van der Waals surface area contributed by atoms with E-state index >= 15 is 0 Å². The number of benzene rings is 5. The summed E-state index contributed by atoms with van der Waals surface area (Å²) in [5.41, 5.74) is 9.91. The third kappa shape index (κ3) is 4.30. The van der Waals surface area contributed by atoms with Crippen LogP contribution in [0.5, 0.6) is 0 Å². The second kappa shape index (κ2) is 10.5. The summed E-state index contributed by atoms with van der Waals surface area (Å²) in [6.45, 7) is 9.00. The molecule has 0 amide bonds. The number of nitrogens with zero attached hydrogens (tertiary/aromatic N) is 1. The van der Waals surface area contributed by atoms with Crippen LogP contribution in [0.15, 0.2) is 140 Å². The maximum absolute atomic E-state index is 4.60. The number of hydrogen-bond acceptors (Lipinski definition) is 1. The topological polar surface area (TPSA) is 4.41 Å². The summed E-state index contributed by atoms with van der Waals surface area (Å²) in [7, 11) is 0. The minimum atomic E-state index is 1.03. The molecule has 3 aromatic heterocycles.